The molecule has 0 saturated carbocycles. The van der Waals surface area contributed by atoms with E-state index in [0.717, 1.165) is 11.8 Å². The normalized spacial score (nSPS) is 23.8. The molecule has 0 spiro atoms. The summed E-state index contributed by atoms with van der Waals surface area (Å²) in [5, 5.41) is 17.5. The lowest BCUT2D eigenvalue weighted by Gasteiger charge is -2.31. The van der Waals surface area contributed by atoms with Crippen LogP contribution in [0.2, 0.25) is 0 Å². The summed E-state index contributed by atoms with van der Waals surface area (Å²) < 4.78 is 23.4. The highest BCUT2D eigenvalue weighted by Crippen LogP contribution is 2.22. The highest BCUT2D eigenvalue weighted by Gasteiger charge is 2.40. The van der Waals surface area contributed by atoms with Gasteiger partial charge in [-0.3, -0.25) is 52.7 Å². The molecule has 0 unspecified atom stereocenters. The molecule has 13 N–H and O–H groups in total. The second kappa shape index (κ2) is 28.1. The van der Waals surface area contributed by atoms with Crippen LogP contribution in [0.3, 0.4) is 0 Å². The predicted octanol–water partition coefficient (Wildman–Crippen LogP) is -2.50. The zero-order chi connectivity index (χ0) is 53.2. The molecule has 24 heteroatoms. The fourth-order valence-corrected chi connectivity index (χ4v) is 8.42. The van der Waals surface area contributed by atoms with Gasteiger partial charge in [0.2, 0.25) is 65.0 Å². The van der Waals surface area contributed by atoms with E-state index in [0.29, 0.717) is 12.2 Å². The first kappa shape index (κ1) is 53.5. The van der Waals surface area contributed by atoms with E-state index in [4.69, 9.17) is 24.7 Å². The fourth-order valence-electron chi connectivity index (χ4n) is 7.45. The van der Waals surface area contributed by atoms with E-state index in [9.17, 15) is 52.7 Å². The largest absolute Gasteiger partial charge is 0.497 e. The first-order chi connectivity index (χ1) is 33.4. The molecule has 1 aromatic carbocycles. The molecule has 8 atom stereocenters. The maximum absolute atomic E-state index is 14.5. The second-order valence-corrected chi connectivity index (χ2v) is 18.5. The van der Waals surface area contributed by atoms with Crippen molar-refractivity contribution in [1.29, 1.82) is 0 Å². The third-order valence-corrected chi connectivity index (χ3v) is 12.5. The summed E-state index contributed by atoms with van der Waals surface area (Å²) in [6.07, 6.45) is -3.45. The Kier molecular flexibility index (Phi) is 21.8. The molecule has 3 rings (SSSR count). The lowest BCUT2D eigenvalue weighted by atomic mass is 9.96. The standard InChI is InChI=1S/C45H69N11O12S/c1-6-25(4)38-44(66)51-28(15-16-34(46)57)40(62)52-31(21-35(47)58)41(63)54-32(23-69-18-8-10-37(60)50-30(42(64)55-38)20-26-11-13-27(68-5)14-12-26)45(67)56-17-7-9-33(56)43(65)53-29(19-24(2)3)39(61)49-22-36(48)59/h11-14,24-25,28-33,38H,6-10,15-23H2,1-5H3,(H2,46,57)(H2,47,58)(H2,48,59)(H,49,61)(H,50,60)(H,51,66)(H,52,62)(H,53,65)(H,54,63)(H,55,64)/t25-,28-,29-,30-,31-,32-,33-,38-/m0/s1/i20D2. The van der Waals surface area contributed by atoms with Gasteiger partial charge in [-0.05, 0) is 67.4 Å². The number of primary amides is 3. The summed E-state index contributed by atoms with van der Waals surface area (Å²) >= 11 is 1.11. The van der Waals surface area contributed by atoms with E-state index in [1.54, 1.807) is 13.8 Å². The number of amides is 11. The third-order valence-electron chi connectivity index (χ3n) is 11.3. The lowest BCUT2D eigenvalue weighted by Crippen LogP contribution is -2.61. The number of benzene rings is 1. The summed E-state index contributed by atoms with van der Waals surface area (Å²) in [6, 6.07) is -4.74. The number of likely N-dealkylation sites (tertiary alicyclic amines) is 1. The lowest BCUT2D eigenvalue weighted by molar-refractivity contribution is -0.142. The first-order valence-corrected chi connectivity index (χ1v) is 24.0. The third kappa shape index (κ3) is 18.9. The van der Waals surface area contributed by atoms with Crippen molar-refractivity contribution in [2.24, 2.45) is 29.0 Å². The van der Waals surface area contributed by atoms with Crippen molar-refractivity contribution in [3.8, 4) is 5.75 Å². The van der Waals surface area contributed by atoms with E-state index < -0.39 is 145 Å². The van der Waals surface area contributed by atoms with Crippen LogP contribution in [0.15, 0.2) is 24.3 Å². The molecule has 11 amide bonds. The number of thioether (sulfide) groups is 1. The molecular weight excluding hydrogens is 919 g/mol. The number of nitrogens with zero attached hydrogens (tertiary/aromatic N) is 1. The number of hydrogen-bond acceptors (Lipinski definition) is 13. The Balaban J connectivity index is 2.07. The molecule has 23 nitrogen and oxygen atoms in total. The van der Waals surface area contributed by atoms with Crippen molar-refractivity contribution in [2.75, 3.05) is 31.7 Å². The number of hydrogen-bond donors (Lipinski definition) is 10. The quantitative estimate of drug-likeness (QED) is 0.0728. The average Bonchev–Trinajstić information content (AvgIpc) is 3.81. The van der Waals surface area contributed by atoms with Crippen LogP contribution in [0, 0.1) is 11.8 Å². The molecule has 2 aliphatic rings. The number of ether oxygens (including phenoxy) is 1. The van der Waals surface area contributed by atoms with Gasteiger partial charge in [0, 0.05) is 34.3 Å². The monoisotopic (exact) mass is 989 g/mol. The van der Waals surface area contributed by atoms with E-state index >= 15 is 0 Å². The van der Waals surface area contributed by atoms with Crippen LogP contribution in [0.25, 0.3) is 0 Å². The van der Waals surface area contributed by atoms with E-state index in [2.05, 4.69) is 37.2 Å². The molecule has 0 radical (unpaired) electrons. The number of nitrogens with one attached hydrogen (secondary N) is 7. The van der Waals surface area contributed by atoms with Crippen LogP contribution in [0.1, 0.15) is 93.8 Å². The summed E-state index contributed by atoms with van der Waals surface area (Å²) in [7, 11) is 1.41. The Morgan fingerprint density at radius 1 is 0.841 bits per heavy atom. The van der Waals surface area contributed by atoms with Crippen LogP contribution in [0.4, 0.5) is 0 Å². The Bertz CT molecular complexity index is 2120. The molecule has 69 heavy (non-hydrogen) atoms. The highest BCUT2D eigenvalue weighted by atomic mass is 32.2. The smallest absolute Gasteiger partial charge is 0.246 e. The topological polar surface area (TPSA) is 363 Å². The van der Waals surface area contributed by atoms with Crippen molar-refractivity contribution in [1.82, 2.24) is 42.1 Å². The van der Waals surface area contributed by atoms with E-state index in [-0.39, 0.29) is 61.6 Å². The van der Waals surface area contributed by atoms with Gasteiger partial charge in [0.15, 0.2) is 0 Å². The number of carbonyl (C=O) groups is 11. The zero-order valence-electron chi connectivity index (χ0n) is 41.7. The van der Waals surface area contributed by atoms with Gasteiger partial charge in [-0.1, -0.05) is 46.2 Å². The van der Waals surface area contributed by atoms with Crippen LogP contribution >= 0.6 is 11.8 Å². The van der Waals surface area contributed by atoms with Gasteiger partial charge < -0.3 is 64.1 Å². The van der Waals surface area contributed by atoms with Gasteiger partial charge in [-0.25, -0.2) is 0 Å². The van der Waals surface area contributed by atoms with Crippen LogP contribution < -0.4 is 59.2 Å². The van der Waals surface area contributed by atoms with Gasteiger partial charge in [-0.15, -0.1) is 0 Å². The van der Waals surface area contributed by atoms with Gasteiger partial charge in [0.05, 0.1) is 20.1 Å². The number of rotatable bonds is 18. The first-order valence-electron chi connectivity index (χ1n) is 23.9. The minimum Gasteiger partial charge on any atom is -0.497 e. The highest BCUT2D eigenvalue weighted by molar-refractivity contribution is 7.99. The number of nitrogens with two attached hydrogens (primary N) is 3. The minimum absolute atomic E-state index is 0.0152. The van der Waals surface area contributed by atoms with Gasteiger partial charge in [0.1, 0.15) is 48.0 Å². The molecular formula is C45H69N11O12S. The van der Waals surface area contributed by atoms with Gasteiger partial charge in [-0.2, -0.15) is 11.8 Å². The number of methoxy groups -OCH3 is 1. The summed E-state index contributed by atoms with van der Waals surface area (Å²) in [5.41, 5.74) is 16.1. The predicted molar refractivity (Wildman–Crippen MR) is 253 cm³/mol. The van der Waals surface area contributed by atoms with Crippen molar-refractivity contribution in [3.05, 3.63) is 29.8 Å². The van der Waals surface area contributed by atoms with Crippen molar-refractivity contribution in [3.63, 3.8) is 0 Å². The Hall–Kier alpha value is -6.46. The molecule has 2 saturated heterocycles. The van der Waals surface area contributed by atoms with Crippen LogP contribution in [-0.4, -0.2) is 144 Å². The minimum atomic E-state index is -2.59. The zero-order valence-corrected chi connectivity index (χ0v) is 40.5. The van der Waals surface area contributed by atoms with E-state index in [1.807, 2.05) is 13.8 Å². The fraction of sp³-hybridized carbons (Fsp3) is 0.622. The molecule has 1 aromatic rings. The van der Waals surface area contributed by atoms with Gasteiger partial charge >= 0.3 is 0 Å². The summed E-state index contributed by atoms with van der Waals surface area (Å²) in [4.78, 5) is 148. The maximum atomic E-state index is 14.5. The van der Waals surface area contributed by atoms with Crippen molar-refractivity contribution >= 4 is 76.7 Å². The second-order valence-electron chi connectivity index (χ2n) is 17.3. The molecule has 0 bridgehead atoms. The molecule has 0 aliphatic carbocycles. The van der Waals surface area contributed by atoms with Gasteiger partial charge in [0.25, 0.3) is 0 Å². The Labute approximate surface area is 408 Å². The summed E-state index contributed by atoms with van der Waals surface area (Å²) in [6.45, 7) is 6.51. The Morgan fingerprint density at radius 2 is 1.49 bits per heavy atom. The average molecular weight is 990 g/mol. The van der Waals surface area contributed by atoms with Crippen LogP contribution in [0.5, 0.6) is 5.75 Å². The van der Waals surface area contributed by atoms with Crippen molar-refractivity contribution < 1.29 is 60.2 Å². The molecule has 2 aliphatic heterocycles. The number of carbonyl (C=O) groups excluding carboxylic acids is 11. The molecule has 382 valence electrons. The van der Waals surface area contributed by atoms with E-state index in [1.165, 1.54) is 36.3 Å². The Morgan fingerprint density at radius 3 is 2.10 bits per heavy atom. The SMILES string of the molecule is [2H]C([2H])(c1ccc(OC)cc1)[C@@H]1NC(=O)CCCSC[C@@H](C(=O)N2CCC[C@H]2C(=O)N[C@@H](CC(C)C)C(=O)NCC(N)=O)NC(=O)[C@H](CC(N)=O)NC(=O)[C@H](CCC(N)=O)NC(=O)[C@H]([C@@H](C)CC)NC1=O. The summed E-state index contributed by atoms with van der Waals surface area (Å²) in [5.74, 6) is -10.2. The van der Waals surface area contributed by atoms with Crippen molar-refractivity contribution in [2.45, 2.75) is 134 Å². The maximum Gasteiger partial charge on any atom is 0.246 e. The molecule has 0 aromatic heterocycles. The molecule has 2 fully saturated rings. The van der Waals surface area contributed by atoms with Crippen LogP contribution in [-0.2, 0) is 59.1 Å². The molecule has 2 heterocycles.